The summed E-state index contributed by atoms with van der Waals surface area (Å²) in [6.07, 6.45) is 9.87. The van der Waals surface area contributed by atoms with Crippen LogP contribution in [-0.2, 0) is 0 Å². The maximum atomic E-state index is 3.66. The lowest BCUT2D eigenvalue weighted by Gasteiger charge is -2.49. The van der Waals surface area contributed by atoms with Gasteiger partial charge in [0, 0.05) is 19.1 Å². The van der Waals surface area contributed by atoms with Crippen LogP contribution < -0.4 is 5.32 Å². The van der Waals surface area contributed by atoms with Gasteiger partial charge in [-0.15, -0.1) is 0 Å². The van der Waals surface area contributed by atoms with Crippen molar-refractivity contribution in [1.82, 2.24) is 15.1 Å². The van der Waals surface area contributed by atoms with Crippen molar-refractivity contribution in [2.24, 2.45) is 5.41 Å². The predicted octanol–water partition coefficient (Wildman–Crippen LogP) is 2.33. The first-order valence-electron chi connectivity index (χ1n) is 8.98. The quantitative estimate of drug-likeness (QED) is 0.855. The van der Waals surface area contributed by atoms with Crippen molar-refractivity contribution in [1.29, 1.82) is 0 Å². The Morgan fingerprint density at radius 2 is 1.90 bits per heavy atom. The standard InChI is InChI=1S/C17H33N3/c1-2-10-19-12-5-16(6-13-19)20-11-4-8-17(15-20)7-3-9-18-14-17/h16,18H,2-15H2,1H3. The third-order valence-electron chi connectivity index (χ3n) is 5.86. The number of nitrogens with one attached hydrogen (secondary N) is 1. The lowest BCUT2D eigenvalue weighted by atomic mass is 9.74. The van der Waals surface area contributed by atoms with Crippen LogP contribution in [0, 0.1) is 5.41 Å². The Labute approximate surface area is 125 Å². The van der Waals surface area contributed by atoms with E-state index in [0.717, 1.165) is 6.04 Å². The second-order valence-electron chi connectivity index (χ2n) is 7.43. The van der Waals surface area contributed by atoms with Crippen LogP contribution in [0.4, 0.5) is 0 Å². The normalized spacial score (nSPS) is 34.6. The zero-order valence-corrected chi connectivity index (χ0v) is 13.4. The molecule has 0 aliphatic carbocycles. The molecule has 0 aromatic heterocycles. The highest BCUT2D eigenvalue weighted by Gasteiger charge is 2.38. The molecule has 1 spiro atoms. The van der Waals surface area contributed by atoms with Gasteiger partial charge >= 0.3 is 0 Å². The van der Waals surface area contributed by atoms with Gasteiger partial charge in [-0.1, -0.05) is 6.92 Å². The minimum absolute atomic E-state index is 0.622. The average molecular weight is 279 g/mol. The predicted molar refractivity (Wildman–Crippen MR) is 85.1 cm³/mol. The van der Waals surface area contributed by atoms with Gasteiger partial charge in [-0.3, -0.25) is 4.90 Å². The van der Waals surface area contributed by atoms with Crippen LogP contribution >= 0.6 is 0 Å². The van der Waals surface area contributed by atoms with Crippen molar-refractivity contribution in [3.05, 3.63) is 0 Å². The van der Waals surface area contributed by atoms with E-state index < -0.39 is 0 Å². The highest BCUT2D eigenvalue weighted by molar-refractivity contribution is 4.94. The lowest BCUT2D eigenvalue weighted by Crippen LogP contribution is -2.55. The molecule has 3 aliphatic rings. The van der Waals surface area contributed by atoms with Crippen LogP contribution in [0.15, 0.2) is 0 Å². The Morgan fingerprint density at radius 3 is 2.60 bits per heavy atom. The van der Waals surface area contributed by atoms with Gasteiger partial charge in [-0.25, -0.2) is 0 Å². The number of piperidine rings is 3. The van der Waals surface area contributed by atoms with Gasteiger partial charge in [0.05, 0.1) is 0 Å². The van der Waals surface area contributed by atoms with E-state index >= 15 is 0 Å². The Bertz CT molecular complexity index is 285. The molecule has 3 nitrogen and oxygen atoms in total. The van der Waals surface area contributed by atoms with Crippen molar-refractivity contribution < 1.29 is 0 Å². The van der Waals surface area contributed by atoms with E-state index in [1.165, 1.54) is 90.8 Å². The zero-order valence-electron chi connectivity index (χ0n) is 13.4. The number of nitrogens with zero attached hydrogens (tertiary/aromatic N) is 2. The van der Waals surface area contributed by atoms with Gasteiger partial charge in [0.2, 0.25) is 0 Å². The summed E-state index contributed by atoms with van der Waals surface area (Å²) < 4.78 is 0. The molecular weight excluding hydrogens is 246 g/mol. The molecule has 0 aromatic carbocycles. The van der Waals surface area contributed by atoms with Crippen LogP contribution in [0.2, 0.25) is 0 Å². The third kappa shape index (κ3) is 3.37. The maximum Gasteiger partial charge on any atom is 0.0120 e. The van der Waals surface area contributed by atoms with Crippen molar-refractivity contribution >= 4 is 0 Å². The van der Waals surface area contributed by atoms with Crippen LogP contribution in [0.5, 0.6) is 0 Å². The summed E-state index contributed by atoms with van der Waals surface area (Å²) in [5, 5.41) is 3.66. The first-order valence-corrected chi connectivity index (χ1v) is 8.98. The second kappa shape index (κ2) is 6.76. The van der Waals surface area contributed by atoms with E-state index in [1.54, 1.807) is 0 Å². The fraction of sp³-hybridized carbons (Fsp3) is 1.00. The first kappa shape index (κ1) is 14.8. The highest BCUT2D eigenvalue weighted by Crippen LogP contribution is 2.37. The van der Waals surface area contributed by atoms with E-state index in [2.05, 4.69) is 22.0 Å². The summed E-state index contributed by atoms with van der Waals surface area (Å²) in [6, 6.07) is 0.877. The maximum absolute atomic E-state index is 3.66. The number of hydrogen-bond donors (Lipinski definition) is 1. The Kier molecular flexibility index (Phi) is 5.00. The molecule has 0 saturated carbocycles. The molecule has 0 amide bonds. The monoisotopic (exact) mass is 279 g/mol. The number of likely N-dealkylation sites (tertiary alicyclic amines) is 2. The minimum Gasteiger partial charge on any atom is -0.316 e. The summed E-state index contributed by atoms with van der Waals surface area (Å²) in [5.41, 5.74) is 0.622. The van der Waals surface area contributed by atoms with E-state index in [9.17, 15) is 0 Å². The van der Waals surface area contributed by atoms with Crippen LogP contribution in [0.25, 0.3) is 0 Å². The molecule has 3 fully saturated rings. The Hall–Kier alpha value is -0.120. The summed E-state index contributed by atoms with van der Waals surface area (Å²) in [4.78, 5) is 5.53. The van der Waals surface area contributed by atoms with Crippen molar-refractivity contribution in [3.8, 4) is 0 Å². The summed E-state index contributed by atoms with van der Waals surface area (Å²) in [7, 11) is 0. The van der Waals surface area contributed by atoms with Gasteiger partial charge in [0.15, 0.2) is 0 Å². The Balaban J connectivity index is 1.52. The van der Waals surface area contributed by atoms with E-state index in [4.69, 9.17) is 0 Å². The molecule has 3 saturated heterocycles. The van der Waals surface area contributed by atoms with Crippen LogP contribution in [0.3, 0.4) is 0 Å². The molecule has 20 heavy (non-hydrogen) atoms. The van der Waals surface area contributed by atoms with E-state index in [1.807, 2.05) is 0 Å². The molecule has 3 aliphatic heterocycles. The zero-order chi connectivity index (χ0) is 13.8. The molecule has 0 radical (unpaired) electrons. The molecule has 1 N–H and O–H groups in total. The molecule has 0 bridgehead atoms. The molecule has 3 heterocycles. The summed E-state index contributed by atoms with van der Waals surface area (Å²) in [6.45, 7) is 11.5. The third-order valence-corrected chi connectivity index (χ3v) is 5.86. The van der Waals surface area contributed by atoms with Crippen LogP contribution in [0.1, 0.15) is 51.9 Å². The van der Waals surface area contributed by atoms with E-state index in [-0.39, 0.29) is 0 Å². The van der Waals surface area contributed by atoms with E-state index in [0.29, 0.717) is 5.41 Å². The van der Waals surface area contributed by atoms with Crippen LogP contribution in [-0.4, -0.2) is 61.7 Å². The van der Waals surface area contributed by atoms with Crippen molar-refractivity contribution in [2.75, 3.05) is 45.8 Å². The van der Waals surface area contributed by atoms with Gasteiger partial charge in [0.1, 0.15) is 0 Å². The lowest BCUT2D eigenvalue weighted by molar-refractivity contribution is 0.0160. The molecule has 1 atom stereocenters. The Morgan fingerprint density at radius 1 is 1.10 bits per heavy atom. The second-order valence-corrected chi connectivity index (χ2v) is 7.43. The van der Waals surface area contributed by atoms with Gasteiger partial charge in [0.25, 0.3) is 0 Å². The number of hydrogen-bond acceptors (Lipinski definition) is 3. The summed E-state index contributed by atoms with van der Waals surface area (Å²) in [5.74, 6) is 0. The first-order chi connectivity index (χ1) is 9.81. The molecule has 116 valence electrons. The molecule has 0 aromatic rings. The molecule has 1 unspecified atom stereocenters. The van der Waals surface area contributed by atoms with Crippen molar-refractivity contribution in [2.45, 2.75) is 57.9 Å². The fourth-order valence-electron chi connectivity index (χ4n) is 4.76. The summed E-state index contributed by atoms with van der Waals surface area (Å²) >= 11 is 0. The average Bonchev–Trinajstić information content (AvgIpc) is 2.49. The molecular formula is C17H33N3. The van der Waals surface area contributed by atoms with Gasteiger partial charge in [-0.2, -0.15) is 0 Å². The smallest absolute Gasteiger partial charge is 0.0120 e. The van der Waals surface area contributed by atoms with Gasteiger partial charge < -0.3 is 10.2 Å². The topological polar surface area (TPSA) is 18.5 Å². The van der Waals surface area contributed by atoms with Crippen molar-refractivity contribution in [3.63, 3.8) is 0 Å². The SMILES string of the molecule is CCCN1CCC(N2CCCC3(CCCNC3)C2)CC1. The highest BCUT2D eigenvalue weighted by atomic mass is 15.2. The number of rotatable bonds is 3. The largest absolute Gasteiger partial charge is 0.316 e. The molecule has 3 rings (SSSR count). The minimum atomic E-state index is 0.622. The molecule has 3 heteroatoms. The van der Waals surface area contributed by atoms with Gasteiger partial charge in [-0.05, 0) is 83.1 Å². The fourth-order valence-corrected chi connectivity index (χ4v) is 4.76.